The van der Waals surface area contributed by atoms with Crippen LogP contribution in [-0.2, 0) is 9.84 Å². The fourth-order valence-electron chi connectivity index (χ4n) is 3.51. The molecule has 6 aromatic heterocycles. The quantitative estimate of drug-likeness (QED) is 0.0914. The molecule has 21 nitrogen and oxygen atoms in total. The molecule has 6 heterocycles. The van der Waals surface area contributed by atoms with Gasteiger partial charge in [-0.05, 0) is 24.5 Å². The average Bonchev–Trinajstić information content (AvgIpc) is 3.90. The van der Waals surface area contributed by atoms with Crippen LogP contribution in [0.1, 0.15) is 31.5 Å². The van der Waals surface area contributed by atoms with Crippen molar-refractivity contribution in [1.82, 2.24) is 60.5 Å². The third kappa shape index (κ3) is 9.48. The SMILES string of the molecule is COc1nccc(-c2cc(C(=O)O)[nH]n2)n1.CS(=O)(=O)c1nccc(-c2cc(C(=O)O)[nH]n2)n1.CSc1nccc(-c2cc(C(=O)O)[nH]n2)n1. The number of carbonyl (C=O) groups is 3. The first-order valence-corrected chi connectivity index (χ1v) is 16.5. The zero-order valence-electron chi connectivity index (χ0n) is 25.8. The van der Waals surface area contributed by atoms with Gasteiger partial charge in [-0.15, -0.1) is 0 Å². The van der Waals surface area contributed by atoms with Crippen molar-refractivity contribution in [1.29, 1.82) is 0 Å². The molecule has 0 fully saturated rings. The Kier molecular flexibility index (Phi) is 11.6. The van der Waals surface area contributed by atoms with Gasteiger partial charge in [-0.3, -0.25) is 15.3 Å². The summed E-state index contributed by atoms with van der Waals surface area (Å²) in [5, 5.41) is 45.0. The standard InChI is InChI=1S/C9H8N4O4S.C9H8N4O3.C9H8N4O2S/c1-18(16,17)9-10-3-2-5(11-9)6-4-7(8(14)15)13-12-6;2*1-16-9-10-3-2-5(11-9)6-4-7(8(14)15)13-12-6/h2-4H,1H3,(H,12,13)(H,14,15);2*2-4H,1H3,(H,12,13)(H,14,15). The van der Waals surface area contributed by atoms with Crippen LogP contribution in [0.5, 0.6) is 6.01 Å². The number of thioether (sulfide) groups is 1. The summed E-state index contributed by atoms with van der Waals surface area (Å²) in [6.45, 7) is 0. The Morgan fingerprint density at radius 3 is 1.48 bits per heavy atom. The number of rotatable bonds is 9. The van der Waals surface area contributed by atoms with Crippen LogP contribution in [0.3, 0.4) is 0 Å². The average molecular weight is 725 g/mol. The number of carboxylic acids is 3. The van der Waals surface area contributed by atoms with Crippen molar-refractivity contribution < 1.29 is 42.9 Å². The summed E-state index contributed by atoms with van der Waals surface area (Å²) in [6.07, 6.45) is 7.25. The molecule has 0 saturated carbocycles. The van der Waals surface area contributed by atoms with Gasteiger partial charge in [-0.25, -0.2) is 47.7 Å². The van der Waals surface area contributed by atoms with Crippen LogP contribution >= 0.6 is 11.8 Å². The lowest BCUT2D eigenvalue weighted by molar-refractivity contribution is 0.0679. The first kappa shape index (κ1) is 36.2. The van der Waals surface area contributed by atoms with Gasteiger partial charge in [0, 0.05) is 43.0 Å². The Labute approximate surface area is 284 Å². The van der Waals surface area contributed by atoms with E-state index in [-0.39, 0.29) is 39.6 Å². The number of sulfone groups is 1. The van der Waals surface area contributed by atoms with Gasteiger partial charge >= 0.3 is 23.9 Å². The number of nitrogens with zero attached hydrogens (tertiary/aromatic N) is 9. The predicted octanol–water partition coefficient (Wildman–Crippen LogP) is 1.83. The van der Waals surface area contributed by atoms with E-state index in [0.717, 1.165) is 6.26 Å². The van der Waals surface area contributed by atoms with Crippen LogP contribution in [0.25, 0.3) is 34.2 Å². The first-order valence-electron chi connectivity index (χ1n) is 13.4. The summed E-state index contributed by atoms with van der Waals surface area (Å²) >= 11 is 1.41. The van der Waals surface area contributed by atoms with Crippen molar-refractivity contribution in [2.24, 2.45) is 0 Å². The molecule has 23 heteroatoms. The number of H-pyrrole nitrogens is 3. The molecular weight excluding hydrogens is 701 g/mol. The molecule has 0 atom stereocenters. The van der Waals surface area contributed by atoms with Gasteiger partial charge in [0.05, 0.1) is 24.2 Å². The Morgan fingerprint density at radius 2 is 1.08 bits per heavy atom. The van der Waals surface area contributed by atoms with E-state index < -0.39 is 27.7 Å². The number of aromatic nitrogens is 12. The molecule has 6 rings (SSSR count). The molecule has 0 aliphatic carbocycles. The third-order valence-corrected chi connectivity index (χ3v) is 7.23. The van der Waals surface area contributed by atoms with Crippen LogP contribution in [0.2, 0.25) is 0 Å². The van der Waals surface area contributed by atoms with E-state index in [4.69, 9.17) is 20.1 Å². The van der Waals surface area contributed by atoms with E-state index in [1.807, 2.05) is 6.26 Å². The minimum absolute atomic E-state index is 0.00702. The molecule has 0 spiro atoms. The lowest BCUT2D eigenvalue weighted by atomic mass is 10.3. The highest BCUT2D eigenvalue weighted by atomic mass is 32.2. The number of hydrogen-bond acceptors (Lipinski definition) is 16. The van der Waals surface area contributed by atoms with E-state index >= 15 is 0 Å². The minimum atomic E-state index is -3.52. The summed E-state index contributed by atoms with van der Waals surface area (Å²) in [5.74, 6) is -3.27. The Morgan fingerprint density at radius 1 is 0.660 bits per heavy atom. The van der Waals surface area contributed by atoms with Gasteiger partial charge in [0.25, 0.3) is 0 Å². The van der Waals surface area contributed by atoms with Crippen molar-refractivity contribution in [3.8, 4) is 40.2 Å². The highest BCUT2D eigenvalue weighted by Crippen LogP contribution is 2.19. The van der Waals surface area contributed by atoms with Gasteiger partial charge in [-0.1, -0.05) is 11.8 Å². The number of aromatic carboxylic acids is 3. The molecule has 6 aromatic rings. The monoisotopic (exact) mass is 724 g/mol. The maximum atomic E-state index is 11.3. The molecule has 0 aliphatic heterocycles. The molecular formula is C27H24N12O9S2. The van der Waals surface area contributed by atoms with Crippen molar-refractivity contribution in [2.75, 3.05) is 19.6 Å². The second kappa shape index (κ2) is 16.0. The van der Waals surface area contributed by atoms with Crippen LogP contribution in [0, 0.1) is 0 Å². The highest BCUT2D eigenvalue weighted by molar-refractivity contribution is 7.98. The first-order chi connectivity index (χ1) is 23.8. The van der Waals surface area contributed by atoms with E-state index in [0.29, 0.717) is 27.9 Å². The Balaban J connectivity index is 0.000000169. The van der Waals surface area contributed by atoms with Crippen LogP contribution in [-0.4, -0.2) is 122 Å². The largest absolute Gasteiger partial charge is 0.477 e. The van der Waals surface area contributed by atoms with Crippen molar-refractivity contribution in [3.05, 3.63) is 72.1 Å². The Hall–Kier alpha value is -6.62. The van der Waals surface area contributed by atoms with Crippen molar-refractivity contribution in [3.63, 3.8) is 0 Å². The van der Waals surface area contributed by atoms with Gasteiger partial charge < -0.3 is 20.1 Å². The zero-order chi connectivity index (χ0) is 36.4. The molecule has 0 bridgehead atoms. The van der Waals surface area contributed by atoms with E-state index in [2.05, 4.69) is 60.5 Å². The summed E-state index contributed by atoms with van der Waals surface area (Å²) in [5.41, 5.74) is 2.43. The summed E-state index contributed by atoms with van der Waals surface area (Å²) < 4.78 is 27.4. The van der Waals surface area contributed by atoms with E-state index in [1.54, 1.807) is 18.3 Å². The summed E-state index contributed by atoms with van der Waals surface area (Å²) in [7, 11) is -2.07. The van der Waals surface area contributed by atoms with Crippen molar-refractivity contribution in [2.45, 2.75) is 10.3 Å². The Bertz CT molecular complexity index is 2160. The maximum Gasteiger partial charge on any atom is 0.353 e. The lowest BCUT2D eigenvalue weighted by Crippen LogP contribution is -2.04. The number of nitrogens with one attached hydrogen (secondary N) is 3. The molecule has 258 valence electrons. The molecule has 0 aliphatic rings. The summed E-state index contributed by atoms with van der Waals surface area (Å²) in [4.78, 5) is 55.5. The molecule has 0 saturated heterocycles. The second-order valence-electron chi connectivity index (χ2n) is 9.27. The highest BCUT2D eigenvalue weighted by Gasteiger charge is 2.15. The summed E-state index contributed by atoms with van der Waals surface area (Å²) in [6, 6.07) is 9.04. The molecule has 0 unspecified atom stereocenters. The number of aromatic amines is 3. The van der Waals surface area contributed by atoms with Gasteiger partial charge in [0.2, 0.25) is 15.0 Å². The molecule has 0 radical (unpaired) electrons. The predicted molar refractivity (Wildman–Crippen MR) is 171 cm³/mol. The maximum absolute atomic E-state index is 11.3. The second-order valence-corrected chi connectivity index (χ2v) is 12.0. The molecule has 6 N–H and O–H groups in total. The van der Waals surface area contributed by atoms with Crippen LogP contribution in [0.4, 0.5) is 0 Å². The number of carboxylic acid groups (broad SMARTS) is 3. The zero-order valence-corrected chi connectivity index (χ0v) is 27.5. The smallest absolute Gasteiger partial charge is 0.353 e. The number of hydrogen-bond donors (Lipinski definition) is 6. The fraction of sp³-hybridized carbons (Fsp3) is 0.111. The number of ether oxygens (including phenoxy) is 1. The van der Waals surface area contributed by atoms with E-state index in [9.17, 15) is 22.8 Å². The fourth-order valence-corrected chi connectivity index (χ4v) is 4.39. The third-order valence-electron chi connectivity index (χ3n) is 5.81. The van der Waals surface area contributed by atoms with Crippen LogP contribution in [0.15, 0.2) is 65.3 Å². The molecule has 0 aromatic carbocycles. The van der Waals surface area contributed by atoms with Gasteiger partial charge in [-0.2, -0.15) is 20.3 Å². The topological polar surface area (TPSA) is 319 Å². The number of methoxy groups -OCH3 is 1. The minimum Gasteiger partial charge on any atom is -0.477 e. The van der Waals surface area contributed by atoms with Gasteiger partial charge in [0.15, 0.2) is 5.16 Å². The molecule has 0 amide bonds. The van der Waals surface area contributed by atoms with Gasteiger partial charge in [0.1, 0.15) is 34.2 Å². The normalized spacial score (nSPS) is 10.6. The van der Waals surface area contributed by atoms with E-state index in [1.165, 1.54) is 55.5 Å². The lowest BCUT2D eigenvalue weighted by Gasteiger charge is -1.98. The van der Waals surface area contributed by atoms with Crippen LogP contribution < -0.4 is 4.74 Å². The molecule has 50 heavy (non-hydrogen) atoms. The van der Waals surface area contributed by atoms with Crippen molar-refractivity contribution >= 4 is 39.5 Å².